The van der Waals surface area contributed by atoms with Gasteiger partial charge in [0.05, 0.1) is 24.6 Å². The van der Waals surface area contributed by atoms with Crippen LogP contribution in [0, 0.1) is 0 Å². The maximum absolute atomic E-state index is 6.04. The van der Waals surface area contributed by atoms with Gasteiger partial charge in [0, 0.05) is 18.6 Å². The molecule has 5 heteroatoms. The highest BCUT2D eigenvalue weighted by Crippen LogP contribution is 2.31. The first-order chi connectivity index (χ1) is 8.67. The summed E-state index contributed by atoms with van der Waals surface area (Å²) in [6.07, 6.45) is 1.85. The first kappa shape index (κ1) is 12.9. The summed E-state index contributed by atoms with van der Waals surface area (Å²) in [6, 6.07) is 5.53. The normalized spacial score (nSPS) is 10.7. The smallest absolute Gasteiger partial charge is 0.143 e. The van der Waals surface area contributed by atoms with Crippen LogP contribution in [0.15, 0.2) is 24.4 Å². The van der Waals surface area contributed by atoms with Crippen molar-refractivity contribution in [3.05, 3.63) is 35.1 Å². The largest absolute Gasteiger partial charge is 0.496 e. The number of nitrogens with zero attached hydrogens (tertiary/aromatic N) is 2. The maximum atomic E-state index is 6.04. The van der Waals surface area contributed by atoms with Gasteiger partial charge in [0.25, 0.3) is 0 Å². The van der Waals surface area contributed by atoms with Crippen LogP contribution in [0.5, 0.6) is 5.75 Å². The van der Waals surface area contributed by atoms with E-state index in [0.29, 0.717) is 5.02 Å². The Morgan fingerprint density at radius 3 is 2.89 bits per heavy atom. The van der Waals surface area contributed by atoms with Crippen molar-refractivity contribution in [3.63, 3.8) is 0 Å². The Bertz CT molecular complexity index is 551. The van der Waals surface area contributed by atoms with Crippen molar-refractivity contribution in [2.45, 2.75) is 6.54 Å². The number of halogens is 1. The Hall–Kier alpha value is -1.52. The number of nitrogens with one attached hydrogen (secondary N) is 1. The van der Waals surface area contributed by atoms with Crippen LogP contribution in [-0.4, -0.2) is 23.7 Å². The molecule has 0 aliphatic heterocycles. The third kappa shape index (κ3) is 2.35. The van der Waals surface area contributed by atoms with E-state index in [1.807, 2.05) is 37.0 Å². The van der Waals surface area contributed by atoms with Crippen molar-refractivity contribution in [2.24, 2.45) is 7.05 Å². The fraction of sp³-hybridized carbons (Fsp3) is 0.308. The van der Waals surface area contributed by atoms with Gasteiger partial charge in [-0.25, -0.2) is 4.98 Å². The van der Waals surface area contributed by atoms with Gasteiger partial charge in [0.1, 0.15) is 11.6 Å². The minimum absolute atomic E-state index is 0.670. The van der Waals surface area contributed by atoms with E-state index in [0.717, 1.165) is 29.4 Å². The summed E-state index contributed by atoms with van der Waals surface area (Å²) in [5, 5.41) is 3.78. The second-order valence-corrected chi connectivity index (χ2v) is 4.44. The second kappa shape index (κ2) is 5.42. The molecule has 96 valence electrons. The van der Waals surface area contributed by atoms with Crippen LogP contribution >= 0.6 is 11.6 Å². The Balaban J connectivity index is 2.51. The third-order valence-electron chi connectivity index (χ3n) is 2.84. The van der Waals surface area contributed by atoms with Gasteiger partial charge in [0.15, 0.2) is 0 Å². The van der Waals surface area contributed by atoms with Crippen LogP contribution in [0.1, 0.15) is 5.69 Å². The zero-order valence-electron chi connectivity index (χ0n) is 10.7. The van der Waals surface area contributed by atoms with Gasteiger partial charge in [-0.3, -0.25) is 0 Å². The molecule has 4 nitrogen and oxygen atoms in total. The fourth-order valence-corrected chi connectivity index (χ4v) is 2.07. The van der Waals surface area contributed by atoms with Crippen LogP contribution in [0.4, 0.5) is 0 Å². The first-order valence-electron chi connectivity index (χ1n) is 5.66. The summed E-state index contributed by atoms with van der Waals surface area (Å²) in [6.45, 7) is 0.770. The molecule has 1 aromatic carbocycles. The number of benzene rings is 1. The predicted octanol–water partition coefficient (Wildman–Crippen LogP) is 2.47. The number of rotatable bonds is 4. The lowest BCUT2D eigenvalue weighted by molar-refractivity contribution is 0.416. The average molecular weight is 266 g/mol. The summed E-state index contributed by atoms with van der Waals surface area (Å²) in [5.41, 5.74) is 2.00. The topological polar surface area (TPSA) is 39.1 Å². The molecule has 2 aromatic rings. The van der Waals surface area contributed by atoms with E-state index >= 15 is 0 Å². The molecule has 0 amide bonds. The molecule has 0 bridgehead atoms. The molecule has 2 rings (SSSR count). The molecule has 0 aliphatic rings. The molecule has 0 radical (unpaired) electrons. The molecule has 0 fully saturated rings. The molecule has 1 aromatic heterocycles. The molecular weight excluding hydrogens is 250 g/mol. The quantitative estimate of drug-likeness (QED) is 0.923. The van der Waals surface area contributed by atoms with Crippen LogP contribution < -0.4 is 10.1 Å². The third-order valence-corrected chi connectivity index (χ3v) is 3.08. The van der Waals surface area contributed by atoms with E-state index in [1.165, 1.54) is 0 Å². The molecular formula is C13H16ClN3O. The number of methoxy groups -OCH3 is 1. The molecule has 0 aliphatic carbocycles. The van der Waals surface area contributed by atoms with Gasteiger partial charge < -0.3 is 14.6 Å². The number of hydrogen-bond donors (Lipinski definition) is 1. The van der Waals surface area contributed by atoms with E-state index in [4.69, 9.17) is 16.3 Å². The highest BCUT2D eigenvalue weighted by molar-refractivity contribution is 6.30. The van der Waals surface area contributed by atoms with Crippen LogP contribution in [0.25, 0.3) is 11.4 Å². The zero-order valence-corrected chi connectivity index (χ0v) is 11.5. The summed E-state index contributed by atoms with van der Waals surface area (Å²) < 4.78 is 7.38. The molecule has 0 saturated carbocycles. The molecule has 1 heterocycles. The fourth-order valence-electron chi connectivity index (χ4n) is 1.90. The van der Waals surface area contributed by atoms with E-state index in [-0.39, 0.29) is 0 Å². The minimum Gasteiger partial charge on any atom is -0.496 e. The van der Waals surface area contributed by atoms with Gasteiger partial charge in [-0.2, -0.15) is 0 Å². The van der Waals surface area contributed by atoms with Gasteiger partial charge in [-0.15, -0.1) is 0 Å². The summed E-state index contributed by atoms with van der Waals surface area (Å²) in [4.78, 5) is 4.44. The van der Waals surface area contributed by atoms with Crippen molar-refractivity contribution in [1.82, 2.24) is 14.9 Å². The van der Waals surface area contributed by atoms with E-state index in [2.05, 4.69) is 10.3 Å². The maximum Gasteiger partial charge on any atom is 0.143 e. The van der Waals surface area contributed by atoms with Crippen molar-refractivity contribution in [1.29, 1.82) is 0 Å². The summed E-state index contributed by atoms with van der Waals surface area (Å²) in [5.74, 6) is 1.61. The SMILES string of the molecule is CNCc1cnc(-c2cc(Cl)ccc2OC)n1C. The van der Waals surface area contributed by atoms with Crippen molar-refractivity contribution >= 4 is 11.6 Å². The monoisotopic (exact) mass is 265 g/mol. The summed E-state index contributed by atoms with van der Waals surface area (Å²) in [7, 11) is 5.53. The number of aromatic nitrogens is 2. The van der Waals surface area contributed by atoms with Gasteiger partial charge in [0.2, 0.25) is 0 Å². The lowest BCUT2D eigenvalue weighted by Gasteiger charge is -2.10. The van der Waals surface area contributed by atoms with Gasteiger partial charge in [-0.05, 0) is 25.2 Å². The number of ether oxygens (including phenoxy) is 1. The lowest BCUT2D eigenvalue weighted by Crippen LogP contribution is -2.09. The van der Waals surface area contributed by atoms with Crippen LogP contribution in [0.3, 0.4) is 0 Å². The Morgan fingerprint density at radius 1 is 1.44 bits per heavy atom. The highest BCUT2D eigenvalue weighted by atomic mass is 35.5. The Morgan fingerprint density at radius 2 is 2.22 bits per heavy atom. The van der Waals surface area contributed by atoms with Crippen molar-refractivity contribution < 1.29 is 4.74 Å². The number of imidazole rings is 1. The number of hydrogen-bond acceptors (Lipinski definition) is 3. The molecule has 0 atom stereocenters. The second-order valence-electron chi connectivity index (χ2n) is 4.01. The standard InChI is InChI=1S/C13H16ClN3O/c1-15-7-10-8-16-13(17(10)2)11-6-9(14)4-5-12(11)18-3/h4-6,8,15H,7H2,1-3H3. The lowest BCUT2D eigenvalue weighted by atomic mass is 10.2. The Kier molecular flexibility index (Phi) is 3.89. The molecule has 18 heavy (non-hydrogen) atoms. The van der Waals surface area contributed by atoms with E-state index in [9.17, 15) is 0 Å². The highest BCUT2D eigenvalue weighted by Gasteiger charge is 2.13. The van der Waals surface area contributed by atoms with Crippen molar-refractivity contribution in [2.75, 3.05) is 14.2 Å². The predicted molar refractivity (Wildman–Crippen MR) is 73.0 cm³/mol. The summed E-state index contributed by atoms with van der Waals surface area (Å²) >= 11 is 6.04. The van der Waals surface area contributed by atoms with Crippen LogP contribution in [-0.2, 0) is 13.6 Å². The van der Waals surface area contributed by atoms with Crippen LogP contribution in [0.2, 0.25) is 5.02 Å². The molecule has 0 saturated heterocycles. The molecule has 0 spiro atoms. The Labute approximate surface area is 112 Å². The van der Waals surface area contributed by atoms with Gasteiger partial charge >= 0.3 is 0 Å². The molecule has 1 N–H and O–H groups in total. The first-order valence-corrected chi connectivity index (χ1v) is 6.04. The van der Waals surface area contributed by atoms with E-state index in [1.54, 1.807) is 13.2 Å². The average Bonchev–Trinajstić information content (AvgIpc) is 2.72. The van der Waals surface area contributed by atoms with Gasteiger partial charge in [-0.1, -0.05) is 11.6 Å². The van der Waals surface area contributed by atoms with Crippen molar-refractivity contribution in [3.8, 4) is 17.1 Å². The molecule has 0 unspecified atom stereocenters. The zero-order chi connectivity index (χ0) is 13.1. The minimum atomic E-state index is 0.670. The van der Waals surface area contributed by atoms with E-state index < -0.39 is 0 Å².